The van der Waals surface area contributed by atoms with Crippen molar-refractivity contribution in [3.05, 3.63) is 11.9 Å². The van der Waals surface area contributed by atoms with Gasteiger partial charge in [0, 0.05) is 12.6 Å². The molecule has 0 radical (unpaired) electrons. The van der Waals surface area contributed by atoms with Crippen LogP contribution in [0.2, 0.25) is 0 Å². The standard InChI is InChI=1S/C11H17F3N4O2/c1-2-3-15-8-4-9(16-7(5-19)6-20)18-10(17-8)11(12,13)14/h4,7,19-20H,2-3,5-6H2,1H3,(H2,15,16,17,18). The number of aliphatic hydroxyl groups excluding tert-OH is 2. The molecule has 1 aromatic rings. The molecule has 0 saturated carbocycles. The van der Waals surface area contributed by atoms with Crippen LogP contribution in [0.5, 0.6) is 0 Å². The Morgan fingerprint density at radius 3 is 2.30 bits per heavy atom. The van der Waals surface area contributed by atoms with Crippen LogP contribution in [-0.4, -0.2) is 46.0 Å². The lowest BCUT2D eigenvalue weighted by atomic mass is 10.3. The molecule has 0 atom stereocenters. The average molecular weight is 294 g/mol. The maximum absolute atomic E-state index is 12.7. The van der Waals surface area contributed by atoms with Crippen LogP contribution in [-0.2, 0) is 6.18 Å². The normalized spacial score (nSPS) is 11.8. The number of rotatable bonds is 7. The van der Waals surface area contributed by atoms with Crippen LogP contribution in [0.25, 0.3) is 0 Å². The highest BCUT2D eigenvalue weighted by Gasteiger charge is 2.35. The Labute approximate surface area is 114 Å². The zero-order valence-corrected chi connectivity index (χ0v) is 10.9. The van der Waals surface area contributed by atoms with Crippen molar-refractivity contribution in [1.29, 1.82) is 0 Å². The summed E-state index contributed by atoms with van der Waals surface area (Å²) < 4.78 is 38.1. The molecule has 0 spiro atoms. The van der Waals surface area contributed by atoms with Gasteiger partial charge in [0.05, 0.1) is 19.3 Å². The minimum absolute atomic E-state index is 0.0336. The van der Waals surface area contributed by atoms with Gasteiger partial charge in [0.1, 0.15) is 11.6 Å². The van der Waals surface area contributed by atoms with Crippen molar-refractivity contribution in [3.63, 3.8) is 0 Å². The van der Waals surface area contributed by atoms with Crippen LogP contribution in [0.15, 0.2) is 6.07 Å². The van der Waals surface area contributed by atoms with Gasteiger partial charge >= 0.3 is 6.18 Å². The van der Waals surface area contributed by atoms with E-state index in [1.54, 1.807) is 0 Å². The number of nitrogens with one attached hydrogen (secondary N) is 2. The Kier molecular flexibility index (Phi) is 5.96. The quantitative estimate of drug-likeness (QED) is 0.602. The number of aliphatic hydroxyl groups is 2. The Morgan fingerprint density at radius 2 is 1.80 bits per heavy atom. The first-order valence-electron chi connectivity index (χ1n) is 6.09. The molecule has 4 N–H and O–H groups in total. The number of hydrogen-bond donors (Lipinski definition) is 4. The highest BCUT2D eigenvalue weighted by molar-refractivity contribution is 5.48. The topological polar surface area (TPSA) is 90.3 Å². The molecule has 0 saturated heterocycles. The predicted octanol–water partition coefficient (Wildman–Crippen LogP) is 1.08. The number of nitrogens with zero attached hydrogens (tertiary/aromatic N) is 2. The lowest BCUT2D eigenvalue weighted by Gasteiger charge is -2.16. The summed E-state index contributed by atoms with van der Waals surface area (Å²) in [5.41, 5.74) is 0. The number of anilines is 2. The Hall–Kier alpha value is -1.61. The van der Waals surface area contributed by atoms with Crippen molar-refractivity contribution in [2.75, 3.05) is 30.4 Å². The maximum atomic E-state index is 12.7. The third-order valence-electron chi connectivity index (χ3n) is 2.33. The fourth-order valence-corrected chi connectivity index (χ4v) is 1.35. The predicted molar refractivity (Wildman–Crippen MR) is 67.4 cm³/mol. The van der Waals surface area contributed by atoms with Gasteiger partial charge in [-0.2, -0.15) is 13.2 Å². The molecule has 0 bridgehead atoms. The number of halogens is 3. The van der Waals surface area contributed by atoms with Crippen LogP contribution in [0, 0.1) is 0 Å². The minimum Gasteiger partial charge on any atom is -0.394 e. The smallest absolute Gasteiger partial charge is 0.394 e. The fraction of sp³-hybridized carbons (Fsp3) is 0.636. The zero-order valence-electron chi connectivity index (χ0n) is 10.9. The molecule has 0 aliphatic rings. The molecule has 6 nitrogen and oxygen atoms in total. The van der Waals surface area contributed by atoms with Crippen LogP contribution < -0.4 is 10.6 Å². The van der Waals surface area contributed by atoms with E-state index in [0.717, 1.165) is 6.42 Å². The first-order valence-corrected chi connectivity index (χ1v) is 6.09. The van der Waals surface area contributed by atoms with E-state index in [0.29, 0.717) is 6.54 Å². The summed E-state index contributed by atoms with van der Waals surface area (Å²) in [6.45, 7) is 1.47. The van der Waals surface area contributed by atoms with E-state index in [2.05, 4.69) is 20.6 Å². The van der Waals surface area contributed by atoms with Crippen LogP contribution in [0.3, 0.4) is 0 Å². The monoisotopic (exact) mass is 294 g/mol. The van der Waals surface area contributed by atoms with E-state index in [9.17, 15) is 13.2 Å². The van der Waals surface area contributed by atoms with E-state index < -0.39 is 31.3 Å². The Morgan fingerprint density at radius 1 is 1.20 bits per heavy atom. The molecule has 9 heteroatoms. The van der Waals surface area contributed by atoms with Crippen molar-refractivity contribution in [2.45, 2.75) is 25.6 Å². The van der Waals surface area contributed by atoms with E-state index in [-0.39, 0.29) is 11.6 Å². The van der Waals surface area contributed by atoms with Crippen molar-refractivity contribution in [2.24, 2.45) is 0 Å². The Bertz CT molecular complexity index is 425. The van der Waals surface area contributed by atoms with E-state index in [1.807, 2.05) is 6.92 Å². The third-order valence-corrected chi connectivity index (χ3v) is 2.33. The lowest BCUT2D eigenvalue weighted by molar-refractivity contribution is -0.144. The molecule has 0 aliphatic carbocycles. The van der Waals surface area contributed by atoms with Crippen LogP contribution in [0.4, 0.5) is 24.8 Å². The van der Waals surface area contributed by atoms with Gasteiger partial charge in [0.2, 0.25) is 5.82 Å². The van der Waals surface area contributed by atoms with Gasteiger partial charge in [0.25, 0.3) is 0 Å². The molecule has 114 valence electrons. The van der Waals surface area contributed by atoms with Gasteiger partial charge in [-0.25, -0.2) is 9.97 Å². The molecule has 0 aromatic carbocycles. The average Bonchev–Trinajstić information content (AvgIpc) is 2.41. The lowest BCUT2D eigenvalue weighted by Crippen LogP contribution is -2.29. The molecule has 1 rings (SSSR count). The molecule has 1 aromatic heterocycles. The summed E-state index contributed by atoms with van der Waals surface area (Å²) in [7, 11) is 0. The summed E-state index contributed by atoms with van der Waals surface area (Å²) in [6, 6.07) is 0.508. The number of aromatic nitrogens is 2. The fourth-order valence-electron chi connectivity index (χ4n) is 1.35. The van der Waals surface area contributed by atoms with Gasteiger partial charge in [-0.05, 0) is 6.42 Å². The Balaban J connectivity index is 3.03. The summed E-state index contributed by atoms with van der Waals surface area (Å²) in [5.74, 6) is -1.36. The number of hydrogen-bond acceptors (Lipinski definition) is 6. The zero-order chi connectivity index (χ0) is 15.2. The third kappa shape index (κ3) is 4.82. The molecule has 0 amide bonds. The molecule has 0 aliphatic heterocycles. The second-order valence-electron chi connectivity index (χ2n) is 4.09. The molecule has 20 heavy (non-hydrogen) atoms. The first-order chi connectivity index (χ1) is 9.40. The van der Waals surface area contributed by atoms with Gasteiger partial charge < -0.3 is 20.8 Å². The molecular formula is C11H17F3N4O2. The minimum atomic E-state index is -4.67. The molecule has 0 fully saturated rings. The second-order valence-corrected chi connectivity index (χ2v) is 4.09. The summed E-state index contributed by atoms with van der Waals surface area (Å²) in [6.07, 6.45) is -3.95. The summed E-state index contributed by atoms with van der Waals surface area (Å²) in [5, 5.41) is 23.1. The van der Waals surface area contributed by atoms with Gasteiger partial charge in [-0.3, -0.25) is 0 Å². The van der Waals surface area contributed by atoms with E-state index in [1.165, 1.54) is 6.07 Å². The first kappa shape index (κ1) is 16.4. The van der Waals surface area contributed by atoms with Crippen LogP contribution in [0.1, 0.15) is 19.2 Å². The second kappa shape index (κ2) is 7.25. The molecule has 1 heterocycles. The molecular weight excluding hydrogens is 277 g/mol. The van der Waals surface area contributed by atoms with Gasteiger partial charge in [-0.1, -0.05) is 6.92 Å². The van der Waals surface area contributed by atoms with Crippen molar-refractivity contribution in [3.8, 4) is 0 Å². The summed E-state index contributed by atoms with van der Waals surface area (Å²) >= 11 is 0. The van der Waals surface area contributed by atoms with E-state index in [4.69, 9.17) is 10.2 Å². The SMILES string of the molecule is CCCNc1cc(NC(CO)CO)nc(C(F)(F)F)n1. The van der Waals surface area contributed by atoms with Crippen molar-refractivity contribution < 1.29 is 23.4 Å². The number of alkyl halides is 3. The molecule has 0 unspecified atom stereocenters. The largest absolute Gasteiger partial charge is 0.451 e. The maximum Gasteiger partial charge on any atom is 0.451 e. The van der Waals surface area contributed by atoms with Crippen molar-refractivity contribution in [1.82, 2.24) is 9.97 Å². The van der Waals surface area contributed by atoms with Gasteiger partial charge in [-0.15, -0.1) is 0 Å². The highest BCUT2D eigenvalue weighted by Crippen LogP contribution is 2.28. The van der Waals surface area contributed by atoms with E-state index >= 15 is 0 Å². The summed E-state index contributed by atoms with van der Waals surface area (Å²) in [4.78, 5) is 6.73. The van der Waals surface area contributed by atoms with Crippen molar-refractivity contribution >= 4 is 11.6 Å². The highest BCUT2D eigenvalue weighted by atomic mass is 19.4. The van der Waals surface area contributed by atoms with Crippen LogP contribution >= 0.6 is 0 Å². The van der Waals surface area contributed by atoms with Gasteiger partial charge in [0.15, 0.2) is 0 Å².